The molecule has 154 valence electrons. The summed E-state index contributed by atoms with van der Waals surface area (Å²) in [5, 5.41) is 4.51. The molecule has 1 aliphatic rings. The molecule has 1 aromatic heterocycles. The molecule has 0 atom stereocenters. The van der Waals surface area contributed by atoms with Crippen molar-refractivity contribution < 1.29 is 4.74 Å². The quantitative estimate of drug-likeness (QED) is 0.362. The maximum Gasteiger partial charge on any atom is 0.194 e. The van der Waals surface area contributed by atoms with Gasteiger partial charge in [0.05, 0.1) is 19.3 Å². The first-order chi connectivity index (χ1) is 13.2. The Morgan fingerprint density at radius 1 is 1.21 bits per heavy atom. The second-order valence-electron chi connectivity index (χ2n) is 6.39. The molecule has 1 fully saturated rings. The lowest BCUT2D eigenvalue weighted by atomic mass is 10.2. The minimum absolute atomic E-state index is 0. The molecule has 1 aliphatic heterocycles. The standard InChI is InChI=1S/C20H29N5OS.HI/c1-4-16-14-22-19(27-16)15-23-20(21-5-2)25-12-10-24(11-13-25)17-8-6-7-9-18(17)26-3;/h6-9,14H,4-5,10-13,15H2,1-3H3,(H,21,23);1H. The number of guanidine groups is 1. The first-order valence-corrected chi connectivity index (χ1v) is 10.4. The number of halogens is 1. The number of ether oxygens (including phenoxy) is 1. The maximum absolute atomic E-state index is 5.51. The number of anilines is 1. The van der Waals surface area contributed by atoms with Crippen LogP contribution in [0.3, 0.4) is 0 Å². The molecular formula is C20H30IN5OS. The van der Waals surface area contributed by atoms with Gasteiger partial charge in [0.25, 0.3) is 0 Å². The molecule has 8 heteroatoms. The van der Waals surface area contributed by atoms with Crippen molar-refractivity contribution in [2.24, 2.45) is 4.99 Å². The first kappa shape index (κ1) is 22.7. The topological polar surface area (TPSA) is 53.0 Å². The van der Waals surface area contributed by atoms with Gasteiger partial charge in [-0.15, -0.1) is 35.3 Å². The third-order valence-corrected chi connectivity index (χ3v) is 5.78. The summed E-state index contributed by atoms with van der Waals surface area (Å²) in [6.45, 7) is 9.53. The van der Waals surface area contributed by atoms with Crippen molar-refractivity contribution in [1.82, 2.24) is 15.2 Å². The van der Waals surface area contributed by atoms with Crippen LogP contribution in [-0.4, -0.2) is 55.7 Å². The highest BCUT2D eigenvalue weighted by Crippen LogP contribution is 2.28. The van der Waals surface area contributed by atoms with E-state index in [0.717, 1.165) is 61.5 Å². The van der Waals surface area contributed by atoms with Gasteiger partial charge in [0, 0.05) is 43.8 Å². The summed E-state index contributed by atoms with van der Waals surface area (Å²) in [5.41, 5.74) is 1.16. The van der Waals surface area contributed by atoms with Crippen LogP contribution in [0.4, 0.5) is 5.69 Å². The minimum Gasteiger partial charge on any atom is -0.495 e. The summed E-state index contributed by atoms with van der Waals surface area (Å²) < 4.78 is 5.51. The molecule has 28 heavy (non-hydrogen) atoms. The van der Waals surface area contributed by atoms with E-state index in [1.165, 1.54) is 4.88 Å². The highest BCUT2D eigenvalue weighted by Gasteiger charge is 2.21. The van der Waals surface area contributed by atoms with E-state index in [-0.39, 0.29) is 24.0 Å². The summed E-state index contributed by atoms with van der Waals surface area (Å²) in [5.74, 6) is 1.91. The van der Waals surface area contributed by atoms with Gasteiger partial charge in [-0.25, -0.2) is 9.98 Å². The second kappa shape index (κ2) is 11.5. The number of thiazole rings is 1. The van der Waals surface area contributed by atoms with Crippen LogP contribution in [0.2, 0.25) is 0 Å². The Balaban J connectivity index is 0.00000280. The molecule has 3 rings (SSSR count). The van der Waals surface area contributed by atoms with Crippen LogP contribution in [0.25, 0.3) is 0 Å². The van der Waals surface area contributed by atoms with Crippen LogP contribution in [0.5, 0.6) is 5.75 Å². The van der Waals surface area contributed by atoms with Gasteiger partial charge in [-0.1, -0.05) is 19.1 Å². The Morgan fingerprint density at radius 2 is 1.96 bits per heavy atom. The zero-order valence-electron chi connectivity index (χ0n) is 16.9. The van der Waals surface area contributed by atoms with Gasteiger partial charge in [0.1, 0.15) is 10.8 Å². The van der Waals surface area contributed by atoms with Crippen molar-refractivity contribution in [3.63, 3.8) is 0 Å². The Bertz CT molecular complexity index is 759. The van der Waals surface area contributed by atoms with E-state index >= 15 is 0 Å². The number of nitrogens with one attached hydrogen (secondary N) is 1. The molecule has 0 spiro atoms. The van der Waals surface area contributed by atoms with Gasteiger partial charge in [-0.05, 0) is 25.5 Å². The molecule has 0 bridgehead atoms. The minimum atomic E-state index is 0. The van der Waals surface area contributed by atoms with Crippen molar-refractivity contribution in [2.45, 2.75) is 26.8 Å². The van der Waals surface area contributed by atoms with Crippen molar-refractivity contribution >= 4 is 47.0 Å². The number of methoxy groups -OCH3 is 1. The van der Waals surface area contributed by atoms with Crippen molar-refractivity contribution in [1.29, 1.82) is 0 Å². The normalized spacial score (nSPS) is 14.6. The Kier molecular flexibility index (Phi) is 9.30. The molecule has 1 N–H and O–H groups in total. The molecule has 0 aliphatic carbocycles. The van der Waals surface area contributed by atoms with Gasteiger partial charge in [-0.2, -0.15) is 0 Å². The van der Waals surface area contributed by atoms with Gasteiger partial charge in [0.15, 0.2) is 5.96 Å². The number of para-hydroxylation sites is 2. The largest absolute Gasteiger partial charge is 0.495 e. The van der Waals surface area contributed by atoms with Gasteiger partial charge in [-0.3, -0.25) is 0 Å². The molecule has 2 aromatic rings. The summed E-state index contributed by atoms with van der Waals surface area (Å²) >= 11 is 1.75. The lowest BCUT2D eigenvalue weighted by Gasteiger charge is -2.38. The lowest BCUT2D eigenvalue weighted by Crippen LogP contribution is -2.52. The van der Waals surface area contributed by atoms with Gasteiger partial charge in [0.2, 0.25) is 0 Å². The fourth-order valence-electron chi connectivity index (χ4n) is 3.20. The summed E-state index contributed by atoms with van der Waals surface area (Å²) in [4.78, 5) is 15.3. The molecule has 1 saturated heterocycles. The van der Waals surface area contributed by atoms with E-state index < -0.39 is 0 Å². The number of hydrogen-bond acceptors (Lipinski definition) is 5. The monoisotopic (exact) mass is 515 g/mol. The van der Waals surface area contributed by atoms with Crippen LogP contribution < -0.4 is 15.0 Å². The van der Waals surface area contributed by atoms with E-state index in [2.05, 4.69) is 46.1 Å². The second-order valence-corrected chi connectivity index (χ2v) is 7.59. The summed E-state index contributed by atoms with van der Waals surface area (Å²) in [6.07, 6.45) is 3.00. The van der Waals surface area contributed by atoms with Gasteiger partial charge >= 0.3 is 0 Å². The number of piperazine rings is 1. The fraction of sp³-hybridized carbons (Fsp3) is 0.500. The Labute approximate surface area is 189 Å². The number of benzene rings is 1. The number of rotatable bonds is 6. The lowest BCUT2D eigenvalue weighted by molar-refractivity contribution is 0.367. The predicted octanol–water partition coefficient (Wildman–Crippen LogP) is 3.62. The van der Waals surface area contributed by atoms with E-state index in [9.17, 15) is 0 Å². The fourth-order valence-corrected chi connectivity index (χ4v) is 3.99. The van der Waals surface area contributed by atoms with Crippen LogP contribution in [-0.2, 0) is 13.0 Å². The first-order valence-electron chi connectivity index (χ1n) is 9.60. The van der Waals surface area contributed by atoms with Crippen LogP contribution in [0, 0.1) is 0 Å². The number of aliphatic imine (C=N–C) groups is 1. The molecule has 0 amide bonds. The Morgan fingerprint density at radius 3 is 2.61 bits per heavy atom. The van der Waals surface area contributed by atoms with Crippen LogP contribution in [0.1, 0.15) is 23.7 Å². The molecule has 6 nitrogen and oxygen atoms in total. The zero-order valence-corrected chi connectivity index (χ0v) is 20.0. The smallest absolute Gasteiger partial charge is 0.194 e. The SMILES string of the molecule is CCNC(=NCc1ncc(CC)s1)N1CCN(c2ccccc2OC)CC1.I. The third-order valence-electron chi connectivity index (χ3n) is 4.65. The highest BCUT2D eigenvalue weighted by molar-refractivity contribution is 14.0. The number of aryl methyl sites for hydroxylation is 1. The number of hydrogen-bond donors (Lipinski definition) is 1. The van der Waals surface area contributed by atoms with E-state index in [1.54, 1.807) is 18.4 Å². The van der Waals surface area contributed by atoms with Crippen molar-refractivity contribution in [2.75, 3.05) is 44.7 Å². The van der Waals surface area contributed by atoms with Crippen molar-refractivity contribution in [3.05, 3.63) is 40.3 Å². The third kappa shape index (κ3) is 5.73. The van der Waals surface area contributed by atoms with Crippen molar-refractivity contribution in [3.8, 4) is 5.75 Å². The summed E-state index contributed by atoms with van der Waals surface area (Å²) in [7, 11) is 1.73. The Hall–Kier alpha value is -1.55. The van der Waals surface area contributed by atoms with E-state index in [1.807, 2.05) is 18.3 Å². The molecule has 0 saturated carbocycles. The van der Waals surface area contributed by atoms with E-state index in [4.69, 9.17) is 9.73 Å². The highest BCUT2D eigenvalue weighted by atomic mass is 127. The maximum atomic E-state index is 5.51. The molecule has 2 heterocycles. The van der Waals surface area contributed by atoms with Crippen LogP contribution >= 0.6 is 35.3 Å². The number of aromatic nitrogens is 1. The van der Waals surface area contributed by atoms with E-state index in [0.29, 0.717) is 6.54 Å². The average Bonchev–Trinajstić information content (AvgIpc) is 3.19. The van der Waals surface area contributed by atoms with Gasteiger partial charge < -0.3 is 19.9 Å². The summed E-state index contributed by atoms with van der Waals surface area (Å²) in [6, 6.07) is 8.22. The zero-order chi connectivity index (χ0) is 19.1. The molecule has 1 aromatic carbocycles. The number of nitrogens with zero attached hydrogens (tertiary/aromatic N) is 4. The molecule has 0 unspecified atom stereocenters. The average molecular weight is 515 g/mol. The predicted molar refractivity (Wildman–Crippen MR) is 129 cm³/mol. The van der Waals surface area contributed by atoms with Crippen LogP contribution in [0.15, 0.2) is 35.5 Å². The molecular weight excluding hydrogens is 485 g/mol. The molecule has 0 radical (unpaired) electrons.